The number of aliphatic carboxylic acids is 1. The fourth-order valence-corrected chi connectivity index (χ4v) is 1.35. The lowest BCUT2D eigenvalue weighted by Gasteiger charge is -2.18. The van der Waals surface area contributed by atoms with Gasteiger partial charge in [-0.25, -0.2) is 0 Å². The Morgan fingerprint density at radius 2 is 2.05 bits per heavy atom. The minimum Gasteiger partial charge on any atom is -0.548 e. The zero-order valence-electron chi connectivity index (χ0n) is 9.68. The number of nitrogens with zero attached hydrogens (tertiary/aromatic N) is 1. The van der Waals surface area contributed by atoms with Crippen LogP contribution < -0.4 is 10.4 Å². The number of carbonyl (C=O) groups is 1. The van der Waals surface area contributed by atoms with E-state index in [4.69, 9.17) is 5.11 Å². The molecule has 0 spiro atoms. The molecule has 0 saturated carbocycles. The Morgan fingerprint density at radius 3 is 2.45 bits per heavy atom. The number of hydrogen-bond donors (Lipinski definition) is 2. The van der Waals surface area contributed by atoms with Crippen molar-refractivity contribution >= 4 is 17.3 Å². The highest BCUT2D eigenvalue weighted by molar-refractivity contribution is 5.77. The molecule has 1 aromatic rings. The number of aliphatic hydroxyl groups is 1. The van der Waals surface area contributed by atoms with E-state index in [0.29, 0.717) is 12.1 Å². The molecule has 0 aliphatic carbocycles. The van der Waals surface area contributed by atoms with Gasteiger partial charge in [-0.15, -0.1) is 0 Å². The Labute approximate surface area is 109 Å². The quantitative estimate of drug-likeness (QED) is 0.589. The molecule has 1 atom stereocenters. The fraction of sp³-hybridized carbons (Fsp3) is 0.300. The fourth-order valence-electron chi connectivity index (χ4n) is 1.35. The van der Waals surface area contributed by atoms with Crippen molar-refractivity contribution in [2.45, 2.75) is 12.2 Å². The smallest absolute Gasteiger partial charge is 0.416 e. The zero-order valence-corrected chi connectivity index (χ0v) is 9.68. The molecule has 0 heterocycles. The predicted octanol–water partition coefficient (Wildman–Crippen LogP) is 0.136. The summed E-state index contributed by atoms with van der Waals surface area (Å²) in [5.74, 6) is -1.75. The number of carboxylic acid groups (broad SMARTS) is 1. The molecular formula is C10H8F3N2O5-. The van der Waals surface area contributed by atoms with E-state index in [1.54, 1.807) is 0 Å². The number of rotatable bonds is 5. The summed E-state index contributed by atoms with van der Waals surface area (Å²) in [5, 5.41) is 32.0. The minimum atomic E-state index is -4.77. The van der Waals surface area contributed by atoms with E-state index in [1.165, 1.54) is 0 Å². The predicted molar refractivity (Wildman–Crippen MR) is 57.6 cm³/mol. The summed E-state index contributed by atoms with van der Waals surface area (Å²) in [4.78, 5) is 20.2. The van der Waals surface area contributed by atoms with Gasteiger partial charge in [-0.05, 0) is 12.1 Å². The standard InChI is InChI=1S/C10H9F3N2O5/c11-10(12,13)5-1-2-6(8(3-5)15(19)20)14-7(4-16)9(17)18/h1-3,7,14,16H,4H2,(H,17,18)/p-1/t7-/m0/s1. The van der Waals surface area contributed by atoms with Crippen molar-refractivity contribution in [3.63, 3.8) is 0 Å². The lowest BCUT2D eigenvalue weighted by atomic mass is 10.1. The highest BCUT2D eigenvalue weighted by atomic mass is 19.4. The number of alkyl halides is 3. The molecular weight excluding hydrogens is 285 g/mol. The summed E-state index contributed by atoms with van der Waals surface area (Å²) in [6.07, 6.45) is -4.77. The zero-order chi connectivity index (χ0) is 15.5. The van der Waals surface area contributed by atoms with Crippen LogP contribution in [-0.4, -0.2) is 28.6 Å². The van der Waals surface area contributed by atoms with Crippen LogP contribution in [0.2, 0.25) is 0 Å². The van der Waals surface area contributed by atoms with Crippen LogP contribution in [-0.2, 0) is 11.0 Å². The first-order chi connectivity index (χ1) is 9.16. The summed E-state index contributed by atoms with van der Waals surface area (Å²) in [5.41, 5.74) is -2.67. The molecule has 1 rings (SSSR count). The number of carbonyl (C=O) groups excluding carboxylic acids is 1. The Balaban J connectivity index is 3.21. The minimum absolute atomic E-state index is 0.270. The molecule has 7 nitrogen and oxygen atoms in total. The molecule has 0 radical (unpaired) electrons. The number of aliphatic hydroxyl groups excluding tert-OH is 1. The lowest BCUT2D eigenvalue weighted by molar-refractivity contribution is -0.384. The van der Waals surface area contributed by atoms with Gasteiger partial charge in [-0.1, -0.05) is 0 Å². The number of halogens is 3. The monoisotopic (exact) mass is 293 g/mol. The molecule has 1 aromatic carbocycles. The van der Waals surface area contributed by atoms with Crippen LogP contribution in [0, 0.1) is 10.1 Å². The van der Waals surface area contributed by atoms with E-state index in [9.17, 15) is 33.2 Å². The summed E-state index contributed by atoms with van der Waals surface area (Å²) >= 11 is 0. The van der Waals surface area contributed by atoms with Gasteiger partial charge >= 0.3 is 6.18 Å². The number of carboxylic acids is 1. The summed E-state index contributed by atoms with van der Waals surface area (Å²) in [6, 6.07) is -0.136. The second kappa shape index (κ2) is 5.74. The molecule has 110 valence electrons. The van der Waals surface area contributed by atoms with Crippen LogP contribution in [0.4, 0.5) is 24.5 Å². The normalized spacial score (nSPS) is 12.8. The average molecular weight is 293 g/mol. The van der Waals surface area contributed by atoms with Gasteiger partial charge in [0.15, 0.2) is 0 Å². The Hall–Kier alpha value is -2.36. The van der Waals surface area contributed by atoms with Crippen LogP contribution in [0.15, 0.2) is 18.2 Å². The largest absolute Gasteiger partial charge is 0.548 e. The van der Waals surface area contributed by atoms with Crippen molar-refractivity contribution in [1.82, 2.24) is 0 Å². The number of nitro benzene ring substituents is 1. The van der Waals surface area contributed by atoms with Crippen molar-refractivity contribution in [2.75, 3.05) is 11.9 Å². The second-order valence-electron chi connectivity index (χ2n) is 3.69. The summed E-state index contributed by atoms with van der Waals surface area (Å²) in [6.45, 7) is -0.944. The molecule has 0 saturated heterocycles. The van der Waals surface area contributed by atoms with Crippen LogP contribution in [0.5, 0.6) is 0 Å². The van der Waals surface area contributed by atoms with Crippen LogP contribution >= 0.6 is 0 Å². The number of anilines is 1. The molecule has 0 unspecified atom stereocenters. The van der Waals surface area contributed by atoms with Crippen molar-refractivity contribution in [1.29, 1.82) is 0 Å². The number of benzene rings is 1. The first kappa shape index (κ1) is 15.7. The summed E-state index contributed by atoms with van der Waals surface area (Å²) < 4.78 is 37.3. The Morgan fingerprint density at radius 1 is 1.45 bits per heavy atom. The molecule has 0 bridgehead atoms. The first-order valence-electron chi connectivity index (χ1n) is 5.10. The Bertz CT molecular complexity index is 532. The third kappa shape index (κ3) is 3.57. The first-order valence-corrected chi connectivity index (χ1v) is 5.10. The third-order valence-corrected chi connectivity index (χ3v) is 2.32. The van der Waals surface area contributed by atoms with E-state index >= 15 is 0 Å². The van der Waals surface area contributed by atoms with Crippen LogP contribution in [0.3, 0.4) is 0 Å². The van der Waals surface area contributed by atoms with E-state index in [2.05, 4.69) is 0 Å². The van der Waals surface area contributed by atoms with Gasteiger partial charge in [0.05, 0.1) is 29.1 Å². The maximum Gasteiger partial charge on any atom is 0.416 e. The van der Waals surface area contributed by atoms with E-state index in [1.807, 2.05) is 5.32 Å². The second-order valence-corrected chi connectivity index (χ2v) is 3.69. The van der Waals surface area contributed by atoms with Gasteiger partial charge in [-0.3, -0.25) is 10.1 Å². The number of nitrogens with one attached hydrogen (secondary N) is 1. The van der Waals surface area contributed by atoms with Gasteiger partial charge in [0.1, 0.15) is 5.69 Å². The molecule has 0 amide bonds. The van der Waals surface area contributed by atoms with E-state index in [-0.39, 0.29) is 6.07 Å². The van der Waals surface area contributed by atoms with Crippen molar-refractivity contribution in [3.8, 4) is 0 Å². The number of hydrogen-bond acceptors (Lipinski definition) is 6. The van der Waals surface area contributed by atoms with Crippen LogP contribution in [0.1, 0.15) is 5.56 Å². The molecule has 0 aliphatic rings. The molecule has 20 heavy (non-hydrogen) atoms. The van der Waals surface area contributed by atoms with Gasteiger partial charge in [0.25, 0.3) is 5.69 Å². The third-order valence-electron chi connectivity index (χ3n) is 2.32. The molecule has 0 aliphatic heterocycles. The Kier molecular flexibility index (Phi) is 4.50. The summed E-state index contributed by atoms with van der Waals surface area (Å²) in [7, 11) is 0. The van der Waals surface area contributed by atoms with Crippen molar-refractivity contribution < 1.29 is 33.1 Å². The topological polar surface area (TPSA) is 116 Å². The van der Waals surface area contributed by atoms with Gasteiger partial charge in [0.2, 0.25) is 0 Å². The average Bonchev–Trinajstić information content (AvgIpc) is 2.34. The van der Waals surface area contributed by atoms with E-state index < -0.39 is 46.7 Å². The van der Waals surface area contributed by atoms with Crippen molar-refractivity contribution in [3.05, 3.63) is 33.9 Å². The molecule has 2 N–H and O–H groups in total. The lowest BCUT2D eigenvalue weighted by Crippen LogP contribution is -2.43. The SMILES string of the molecule is O=C([O-])[C@H](CO)Nc1ccc(C(F)(F)F)cc1[N+](=O)[O-]. The molecule has 10 heteroatoms. The van der Waals surface area contributed by atoms with Crippen LogP contribution in [0.25, 0.3) is 0 Å². The van der Waals surface area contributed by atoms with Gasteiger partial charge in [0, 0.05) is 6.07 Å². The maximum atomic E-state index is 12.4. The number of nitro groups is 1. The maximum absolute atomic E-state index is 12.4. The molecule has 0 fully saturated rings. The molecule has 0 aromatic heterocycles. The van der Waals surface area contributed by atoms with Crippen molar-refractivity contribution in [2.24, 2.45) is 0 Å². The van der Waals surface area contributed by atoms with Gasteiger partial charge < -0.3 is 20.3 Å². The highest BCUT2D eigenvalue weighted by Gasteiger charge is 2.33. The van der Waals surface area contributed by atoms with Gasteiger partial charge in [-0.2, -0.15) is 13.2 Å². The van der Waals surface area contributed by atoms with E-state index in [0.717, 1.165) is 0 Å². The highest BCUT2D eigenvalue weighted by Crippen LogP contribution is 2.35.